The number of aliphatic hydroxyl groups excluding tert-OH is 30. The Kier molecular flexibility index (Phi) is 41.9. The van der Waals surface area contributed by atoms with E-state index in [1.165, 1.54) is 6.92 Å². The number of carbonyl (C=O) groups excluding carboxylic acids is 4. The molecule has 56 atom stereocenters. The Morgan fingerprint density at radius 1 is 0.336 bits per heavy atom. The van der Waals surface area contributed by atoms with Gasteiger partial charge < -0.3 is 279 Å². The van der Waals surface area contributed by atoms with E-state index in [4.69, 9.17) is 99.5 Å². The average Bonchev–Trinajstić information content (AvgIpc) is 0.735. The maximum atomic E-state index is 13.4. The third kappa shape index (κ3) is 26.9. The quantitative estimate of drug-likeness (QED) is 0.0254. The molecule has 11 rings (SSSR count). The maximum Gasteiger partial charge on any atom is 0.397 e. The molecule has 11 aliphatic rings. The fraction of sp³-hybridized carbons (Fsp3) is 0.935. The van der Waals surface area contributed by atoms with Gasteiger partial charge in [-0.25, -0.2) is 8.98 Å². The third-order valence-corrected chi connectivity index (χ3v) is 26.1. The molecule has 11 aliphatic heterocycles. The zero-order chi connectivity index (χ0) is 106. The molecule has 11 fully saturated rings. The normalized spacial score (nSPS) is 48.0. The first-order chi connectivity index (χ1) is 67.2. The van der Waals surface area contributed by atoms with Crippen molar-refractivity contribution in [1.29, 1.82) is 0 Å². The van der Waals surface area contributed by atoms with Crippen molar-refractivity contribution in [2.75, 3.05) is 66.1 Å². The maximum absolute atomic E-state index is 13.4. The first kappa shape index (κ1) is 118. The number of aliphatic hydroxyl groups is 30. The minimum absolute atomic E-state index is 0.764. The molecule has 0 spiro atoms. The number of carbonyl (C=O) groups is 5. The van der Waals surface area contributed by atoms with E-state index in [9.17, 15) is 195 Å². The second-order valence-electron chi connectivity index (χ2n) is 35.8. The SMILES string of the molecule is CC(=O)N[C@H]1[C@H](O[C@H]2[C@H](O)[C@@H](NC(C)=O)C(O)O[C@@H]2CO[C@@H]2O[C@@H](C)[C@@H](O)[C@@H](O)[C@@H]2O)O[C@H](CO)[C@@H](O[C@@H]2O[C@H](CO[C@H]3O[C@H](CO[C@H]4O[C@H](CO)[C@@H](O)[C@H](O)[C@@H]4O)[C@@H](O)[C@H](O[C@H]4O[C@H](CO)[C@@H](O)[C@H](O)[C@@H]4O)[C@@H]3O)[C@@H](O)[C@H](O[C@H]3O[C@H](CO)[C@@H](O)[C@H](O)[C@@H]3O[C@@H]3O[C@H](COS(=O)(=O)O)[C@@H](O[C@@H]4O[C@H](CO)[C@H](O)[C@H](O[C@]5(C(=O)O)C[C@H](O)[C@@H](NC(C)=O)[C@H]([C@H](O)[C@H](O)CO)O5)[C@H]4O)[C@H](O)[C@H]3NC(C)=O)[C@@H]2O)[C@@H]1O. The summed E-state index contributed by atoms with van der Waals surface area (Å²) in [7, 11) is -5.73. The van der Waals surface area contributed by atoms with Crippen LogP contribution >= 0.6 is 0 Å². The van der Waals surface area contributed by atoms with Crippen molar-refractivity contribution in [2.24, 2.45) is 0 Å². The summed E-state index contributed by atoms with van der Waals surface area (Å²) in [6.45, 7) is -7.67. The molecular weight excluding hydrogens is 1990 g/mol. The molecule has 0 aliphatic carbocycles. The minimum Gasteiger partial charge on any atom is -0.477 e. The Labute approximate surface area is 807 Å². The second-order valence-corrected chi connectivity index (χ2v) is 36.9. The van der Waals surface area contributed by atoms with Gasteiger partial charge in [0, 0.05) is 34.1 Å². The number of carboxylic acids is 1. The molecule has 11 heterocycles. The van der Waals surface area contributed by atoms with Gasteiger partial charge in [0.2, 0.25) is 23.6 Å². The fourth-order valence-corrected chi connectivity index (χ4v) is 18.3. The zero-order valence-electron chi connectivity index (χ0n) is 76.1. The van der Waals surface area contributed by atoms with Gasteiger partial charge >= 0.3 is 16.4 Å². The van der Waals surface area contributed by atoms with Crippen LogP contribution in [0.25, 0.3) is 0 Å². The molecule has 0 saturated carbocycles. The van der Waals surface area contributed by atoms with Crippen LogP contribution in [0.2, 0.25) is 0 Å². The predicted molar refractivity (Wildman–Crippen MR) is 435 cm³/mol. The molecule has 1 unspecified atom stereocenters. The first-order valence-electron chi connectivity index (χ1n) is 44.8. The molecule has 828 valence electrons. The Hall–Kier alpha value is -4.82. The van der Waals surface area contributed by atoms with Crippen molar-refractivity contribution >= 4 is 40.0 Å². The number of aliphatic carboxylic acids is 1. The van der Waals surface area contributed by atoms with Crippen LogP contribution in [0, 0.1) is 0 Å². The van der Waals surface area contributed by atoms with Gasteiger partial charge in [0.1, 0.15) is 256 Å². The summed E-state index contributed by atoms with van der Waals surface area (Å²) in [5.74, 6) is -9.77. The molecule has 0 radical (unpaired) electrons. The van der Waals surface area contributed by atoms with E-state index in [0.29, 0.717) is 0 Å². The smallest absolute Gasteiger partial charge is 0.397 e. The fourth-order valence-electron chi connectivity index (χ4n) is 18.0. The van der Waals surface area contributed by atoms with Crippen LogP contribution in [0.15, 0.2) is 0 Å². The predicted octanol–water partition coefficient (Wildman–Crippen LogP) is -24.3. The van der Waals surface area contributed by atoms with E-state index in [1.807, 2.05) is 0 Å². The van der Waals surface area contributed by atoms with Gasteiger partial charge in [-0.2, -0.15) is 8.42 Å². The molecule has 143 heavy (non-hydrogen) atoms. The number of hydrogen-bond donors (Lipinski definition) is 36. The van der Waals surface area contributed by atoms with Crippen LogP contribution in [-0.2, 0) is 138 Å². The van der Waals surface area contributed by atoms with E-state index >= 15 is 0 Å². The number of hydrogen-bond acceptors (Lipinski definition) is 59. The highest BCUT2D eigenvalue weighted by Gasteiger charge is 2.65. The summed E-state index contributed by atoms with van der Waals surface area (Å²) in [5.41, 5.74) is 0. The number of amides is 4. The van der Waals surface area contributed by atoms with E-state index < -0.39 is 456 Å². The standard InChI is InChI=1S/C77H128N4O61S/c1-17-37(94)48(105)52(109)69(125-17)123-15-31-59(45(102)34(66(115)126-31)79-19(3)89)135-67-35(80-20(4)90)46(103)58(28(12-87)131-67)136-73-56(113)63(44(101)30(133-73)14-122-71-55(112)62(138-72-54(111)50(107)40(97)25(9-84)128-72)43(100)29(132-71)13-121-70-53(110)49(106)39(96)24(8-83)127-70)139-75-65(51(108)41(98)26(10-85)130-75)140-68-36(81-21(5)91)47(104)60(32(134-68)16-124-143(118,119)120)137-74-57(114)64(42(99)27(11-86)129-74)142-77(76(116)117)6-22(92)33(78-18(2)88)61(141-77)38(95)23(93)7-82/h17,22-75,82-87,92-115H,6-16H2,1-5H3,(H,78,88)(H,79,89)(H,80,90)(H,81,91)(H,116,117)(H,118,119,120)/t17-,22-,23+,24+,25+,26+,27+,28+,29+,30+,31+,32+,33+,34+,35+,36+,37+,38+,39+,40+,41+,42-,43+,44+,45+,46+,47+,48+,49-,50-,51-,52-,53-,54-,55-,56-,57+,58+,59+,60+,61+,62-,63-,64-,65-,66?,67-,68-,69+,70-,71-,72+,73-,74-,75+,77-/m0/s1. The molecule has 65 nitrogen and oxygen atoms in total. The van der Waals surface area contributed by atoms with Gasteiger partial charge in [-0.1, -0.05) is 0 Å². The summed E-state index contributed by atoms with van der Waals surface area (Å²) in [6, 6.07) is -8.14. The second kappa shape index (κ2) is 50.6. The van der Waals surface area contributed by atoms with Gasteiger partial charge in [-0.15, -0.1) is 0 Å². The summed E-state index contributed by atoms with van der Waals surface area (Å²) >= 11 is 0. The monoisotopic (exact) mass is 2120 g/mol. The lowest BCUT2D eigenvalue weighted by atomic mass is 9.88. The lowest BCUT2D eigenvalue weighted by molar-refractivity contribution is -0.400. The van der Waals surface area contributed by atoms with Crippen molar-refractivity contribution in [3.05, 3.63) is 0 Å². The molecule has 66 heteroatoms. The Morgan fingerprint density at radius 3 is 1.14 bits per heavy atom. The van der Waals surface area contributed by atoms with Gasteiger partial charge in [0.25, 0.3) is 5.79 Å². The lowest BCUT2D eigenvalue weighted by Crippen LogP contribution is -2.71. The van der Waals surface area contributed by atoms with Crippen LogP contribution in [0.4, 0.5) is 0 Å². The van der Waals surface area contributed by atoms with Crippen molar-refractivity contribution in [3.8, 4) is 0 Å². The Bertz CT molecular complexity index is 4160. The Morgan fingerprint density at radius 2 is 0.664 bits per heavy atom. The van der Waals surface area contributed by atoms with Crippen LogP contribution in [0.3, 0.4) is 0 Å². The highest BCUT2D eigenvalue weighted by Crippen LogP contribution is 2.43. The van der Waals surface area contributed by atoms with Crippen molar-refractivity contribution in [3.63, 3.8) is 0 Å². The highest BCUT2D eigenvalue weighted by atomic mass is 32.3. The first-order valence-corrected chi connectivity index (χ1v) is 46.2. The van der Waals surface area contributed by atoms with Gasteiger partial charge in [0.15, 0.2) is 62.9 Å². The van der Waals surface area contributed by atoms with E-state index in [2.05, 4.69) is 25.5 Å². The van der Waals surface area contributed by atoms with E-state index in [-0.39, 0.29) is 0 Å². The number of nitrogens with one attached hydrogen (secondary N) is 4. The summed E-state index contributed by atoms with van der Waals surface area (Å²) in [6.07, 6.45) is -117. The lowest BCUT2D eigenvalue weighted by Gasteiger charge is -2.51. The van der Waals surface area contributed by atoms with Gasteiger partial charge in [0.05, 0.1) is 84.3 Å². The minimum atomic E-state index is -5.73. The molecule has 4 amide bonds. The molecule has 0 aromatic heterocycles. The summed E-state index contributed by atoms with van der Waals surface area (Å²) in [4.78, 5) is 65.1. The van der Waals surface area contributed by atoms with Crippen molar-refractivity contribution < 1.29 is 299 Å². The topological polar surface area (TPSA) is 1020 Å². The van der Waals surface area contributed by atoms with Crippen molar-refractivity contribution in [1.82, 2.24) is 21.3 Å². The Balaban J connectivity index is 0.942. The third-order valence-electron chi connectivity index (χ3n) is 25.7. The van der Waals surface area contributed by atoms with Gasteiger partial charge in [-0.3, -0.25) is 23.7 Å². The van der Waals surface area contributed by atoms with Crippen LogP contribution in [-0.4, -0.2) is 610 Å². The number of carboxylic acid groups (broad SMARTS) is 1. The zero-order valence-corrected chi connectivity index (χ0v) is 76.9. The molecule has 0 bridgehead atoms. The number of rotatable bonds is 39. The molecule has 11 saturated heterocycles. The average molecular weight is 2120 g/mol. The van der Waals surface area contributed by atoms with E-state index in [0.717, 1.165) is 27.7 Å². The van der Waals surface area contributed by atoms with Crippen molar-refractivity contribution in [2.45, 2.75) is 384 Å². The van der Waals surface area contributed by atoms with Gasteiger partial charge in [-0.05, 0) is 6.92 Å². The largest absolute Gasteiger partial charge is 0.477 e. The highest BCUT2D eigenvalue weighted by molar-refractivity contribution is 7.80. The molecular formula is C77H128N4O61S. The van der Waals surface area contributed by atoms with Crippen LogP contribution < -0.4 is 21.3 Å². The summed E-state index contributed by atoms with van der Waals surface area (Å²) in [5, 5.41) is 358. The molecule has 0 aromatic carbocycles. The number of ether oxygens (including phenoxy) is 21. The van der Waals surface area contributed by atoms with E-state index in [1.54, 1.807) is 0 Å². The summed E-state index contributed by atoms with van der Waals surface area (Å²) < 4.78 is 163. The van der Waals surface area contributed by atoms with Crippen LogP contribution in [0.1, 0.15) is 41.0 Å². The molecule has 36 N–H and O–H groups in total. The van der Waals surface area contributed by atoms with Crippen LogP contribution in [0.5, 0.6) is 0 Å². The molecule has 0 aromatic rings.